The minimum absolute atomic E-state index is 0.120. The summed E-state index contributed by atoms with van der Waals surface area (Å²) in [4.78, 5) is 24.2. The van der Waals surface area contributed by atoms with Crippen molar-refractivity contribution in [1.82, 2.24) is 20.2 Å². The number of benzene rings is 1. The number of carbonyl (C=O) groups excluding carboxylic acids is 1. The lowest BCUT2D eigenvalue weighted by Crippen LogP contribution is -2.55. The first-order valence-corrected chi connectivity index (χ1v) is 11.9. The summed E-state index contributed by atoms with van der Waals surface area (Å²) < 4.78 is 11.8. The number of amides is 1. The molecule has 0 bridgehead atoms. The van der Waals surface area contributed by atoms with Gasteiger partial charge in [0.1, 0.15) is 17.2 Å². The van der Waals surface area contributed by atoms with E-state index in [-0.39, 0.29) is 18.1 Å². The molecule has 34 heavy (non-hydrogen) atoms. The number of piperidine rings is 1. The summed E-state index contributed by atoms with van der Waals surface area (Å²) in [7, 11) is 1.68. The van der Waals surface area contributed by atoms with Crippen molar-refractivity contribution in [2.75, 3.05) is 44.3 Å². The fourth-order valence-corrected chi connectivity index (χ4v) is 4.87. The number of halogens is 1. The molecule has 2 atom stereocenters. The predicted molar refractivity (Wildman–Crippen MR) is 133 cm³/mol. The highest BCUT2D eigenvalue weighted by Gasteiger charge is 2.37. The molecule has 2 aliphatic heterocycles. The normalized spacial score (nSPS) is 21.6. The minimum atomic E-state index is -0.436. The number of anilines is 2. The predicted octanol–water partition coefficient (Wildman–Crippen LogP) is 2.67. The molecule has 2 aliphatic rings. The van der Waals surface area contributed by atoms with Gasteiger partial charge in [-0.1, -0.05) is 11.6 Å². The summed E-state index contributed by atoms with van der Waals surface area (Å²) in [5.41, 5.74) is 8.30. The van der Waals surface area contributed by atoms with E-state index in [1.54, 1.807) is 25.6 Å². The lowest BCUT2D eigenvalue weighted by Gasteiger charge is -2.38. The van der Waals surface area contributed by atoms with Crippen LogP contribution in [0.15, 0.2) is 18.5 Å². The van der Waals surface area contributed by atoms with Gasteiger partial charge in [0.25, 0.3) is 5.91 Å². The number of nitrogens with zero attached hydrogens (tertiary/aromatic N) is 3. The zero-order chi connectivity index (χ0) is 24.5. The number of nitrogens with two attached hydrogens (primary N) is 1. The molecule has 10 heteroatoms. The smallest absolute Gasteiger partial charge is 0.255 e. The third-order valence-electron chi connectivity index (χ3n) is 6.46. The molecule has 3 heterocycles. The molecule has 0 unspecified atom stereocenters. The van der Waals surface area contributed by atoms with Gasteiger partial charge in [0.15, 0.2) is 0 Å². The number of nitrogens with one attached hydrogen (secondary N) is 2. The molecule has 1 aromatic carbocycles. The molecule has 4 rings (SSSR count). The maximum absolute atomic E-state index is 13.3. The van der Waals surface area contributed by atoms with Crippen LogP contribution in [0, 0.1) is 6.92 Å². The summed E-state index contributed by atoms with van der Waals surface area (Å²) in [6.07, 6.45) is 4.61. The van der Waals surface area contributed by atoms with E-state index in [1.165, 1.54) is 0 Å². The van der Waals surface area contributed by atoms with Gasteiger partial charge in [0.05, 0.1) is 34.1 Å². The van der Waals surface area contributed by atoms with E-state index >= 15 is 0 Å². The number of ether oxygens (including phenoxy) is 2. The average molecular weight is 489 g/mol. The van der Waals surface area contributed by atoms with Crippen molar-refractivity contribution in [3.05, 3.63) is 40.3 Å². The molecule has 184 valence electrons. The number of methoxy groups -OCH3 is 1. The van der Waals surface area contributed by atoms with E-state index in [9.17, 15) is 4.79 Å². The van der Waals surface area contributed by atoms with Crippen molar-refractivity contribution in [3.63, 3.8) is 0 Å². The molecule has 4 N–H and O–H groups in total. The molecule has 1 amide bonds. The van der Waals surface area contributed by atoms with Gasteiger partial charge in [-0.15, -0.1) is 0 Å². The Morgan fingerprint density at radius 3 is 2.88 bits per heavy atom. The number of likely N-dealkylation sites (tertiary alicyclic amines) is 1. The Morgan fingerprint density at radius 1 is 1.38 bits per heavy atom. The summed E-state index contributed by atoms with van der Waals surface area (Å²) >= 11 is 6.35. The molecule has 1 aromatic heterocycles. The highest BCUT2D eigenvalue weighted by Crippen LogP contribution is 2.44. The Balaban J connectivity index is 1.37. The number of carbonyl (C=O) groups is 1. The van der Waals surface area contributed by atoms with Gasteiger partial charge in [-0.2, -0.15) is 0 Å². The number of nitrogen functional groups attached to an aromatic ring is 1. The molecule has 0 saturated carbocycles. The van der Waals surface area contributed by atoms with Gasteiger partial charge in [-0.05, 0) is 33.3 Å². The topological polar surface area (TPSA) is 115 Å². The maximum Gasteiger partial charge on any atom is 0.255 e. The molecule has 1 fully saturated rings. The first-order chi connectivity index (χ1) is 16.2. The van der Waals surface area contributed by atoms with Crippen molar-refractivity contribution in [1.29, 1.82) is 0 Å². The van der Waals surface area contributed by atoms with Crippen molar-refractivity contribution >= 4 is 29.0 Å². The summed E-state index contributed by atoms with van der Waals surface area (Å²) in [5, 5.41) is 6.85. The third kappa shape index (κ3) is 5.21. The first kappa shape index (κ1) is 24.5. The van der Waals surface area contributed by atoms with Gasteiger partial charge < -0.3 is 25.8 Å². The lowest BCUT2D eigenvalue weighted by atomic mass is 9.97. The fourth-order valence-electron chi connectivity index (χ4n) is 4.65. The summed E-state index contributed by atoms with van der Waals surface area (Å²) in [6.45, 7) is 9.01. The van der Waals surface area contributed by atoms with Crippen LogP contribution in [0.5, 0.6) is 5.75 Å². The number of fused-ring (bicyclic) bond motifs is 1. The SMILES string of the molecule is CO[C@@H]1CN(CCNc2nccnc2C)CC[C@@H]1NC(=O)c1cc(Cl)c(N)c2c1OC(C)(C)C2. The number of aromatic nitrogens is 2. The summed E-state index contributed by atoms with van der Waals surface area (Å²) in [6, 6.07) is 1.48. The average Bonchev–Trinajstić information content (AvgIpc) is 3.13. The Morgan fingerprint density at radius 2 is 2.15 bits per heavy atom. The van der Waals surface area contributed by atoms with Gasteiger partial charge in [-0.25, -0.2) is 4.98 Å². The second-order valence-corrected chi connectivity index (χ2v) is 9.93. The second-order valence-electron chi connectivity index (χ2n) is 9.53. The van der Waals surface area contributed by atoms with E-state index < -0.39 is 5.60 Å². The van der Waals surface area contributed by atoms with Crippen molar-refractivity contribution in [2.45, 2.75) is 51.4 Å². The molecular formula is C24H33ClN6O3. The number of rotatable bonds is 7. The maximum atomic E-state index is 13.3. The van der Waals surface area contributed by atoms with Crippen LogP contribution in [0.4, 0.5) is 11.5 Å². The Hall–Kier alpha value is -2.62. The van der Waals surface area contributed by atoms with Gasteiger partial charge >= 0.3 is 0 Å². The zero-order valence-electron chi connectivity index (χ0n) is 20.2. The Bertz CT molecular complexity index is 1060. The lowest BCUT2D eigenvalue weighted by molar-refractivity contribution is 0.00758. The van der Waals surface area contributed by atoms with Crippen LogP contribution < -0.4 is 21.1 Å². The van der Waals surface area contributed by atoms with E-state index in [0.717, 1.165) is 43.1 Å². The van der Waals surface area contributed by atoms with Crippen LogP contribution in [0.2, 0.25) is 5.02 Å². The third-order valence-corrected chi connectivity index (χ3v) is 6.77. The quantitative estimate of drug-likeness (QED) is 0.509. The molecule has 9 nitrogen and oxygen atoms in total. The standard InChI is InChI=1S/C24H33ClN6O3/c1-14-22(28-7-6-27-14)29-8-10-31-9-5-18(19(13-31)33-4)30-23(32)15-11-17(25)20(26)16-12-24(2,3)34-21(15)16/h6-7,11,18-19H,5,8-10,12-13,26H2,1-4H3,(H,28,29)(H,30,32)/t18-,19+/m0/s1. The van der Waals surface area contributed by atoms with Crippen LogP contribution in [0.3, 0.4) is 0 Å². The van der Waals surface area contributed by atoms with Crippen molar-refractivity contribution < 1.29 is 14.3 Å². The monoisotopic (exact) mass is 488 g/mol. The highest BCUT2D eigenvalue weighted by molar-refractivity contribution is 6.33. The van der Waals surface area contributed by atoms with Crippen LogP contribution in [-0.4, -0.2) is 71.8 Å². The highest BCUT2D eigenvalue weighted by atomic mass is 35.5. The fraction of sp³-hybridized carbons (Fsp3) is 0.542. The van der Waals surface area contributed by atoms with Crippen molar-refractivity contribution in [3.8, 4) is 5.75 Å². The number of aryl methyl sites for hydroxylation is 1. The van der Waals surface area contributed by atoms with Gasteiger partial charge in [0.2, 0.25) is 0 Å². The number of hydrogen-bond acceptors (Lipinski definition) is 8. The van der Waals surface area contributed by atoms with Crippen LogP contribution in [0.25, 0.3) is 0 Å². The van der Waals surface area contributed by atoms with Gasteiger partial charge in [-0.3, -0.25) is 14.7 Å². The second kappa shape index (κ2) is 9.93. The van der Waals surface area contributed by atoms with E-state index in [1.807, 2.05) is 20.8 Å². The van der Waals surface area contributed by atoms with E-state index in [0.29, 0.717) is 35.0 Å². The first-order valence-electron chi connectivity index (χ1n) is 11.6. The molecular weight excluding hydrogens is 456 g/mol. The molecule has 0 aliphatic carbocycles. The Labute approximate surface area is 205 Å². The van der Waals surface area contributed by atoms with Crippen molar-refractivity contribution in [2.24, 2.45) is 0 Å². The van der Waals surface area contributed by atoms with E-state index in [2.05, 4.69) is 25.5 Å². The number of hydrogen-bond donors (Lipinski definition) is 3. The Kier molecular flexibility index (Phi) is 7.16. The van der Waals surface area contributed by atoms with Crippen LogP contribution >= 0.6 is 11.6 Å². The molecule has 0 radical (unpaired) electrons. The zero-order valence-corrected chi connectivity index (χ0v) is 20.9. The summed E-state index contributed by atoms with van der Waals surface area (Å²) in [5.74, 6) is 1.10. The van der Waals surface area contributed by atoms with Crippen LogP contribution in [-0.2, 0) is 11.2 Å². The largest absolute Gasteiger partial charge is 0.486 e. The van der Waals surface area contributed by atoms with Gasteiger partial charge in [0, 0.05) is 57.7 Å². The molecule has 0 spiro atoms. The minimum Gasteiger partial charge on any atom is -0.486 e. The van der Waals surface area contributed by atoms with Crippen LogP contribution in [0.1, 0.15) is 41.9 Å². The van der Waals surface area contributed by atoms with E-state index in [4.69, 9.17) is 26.8 Å². The molecule has 1 saturated heterocycles. The molecule has 2 aromatic rings.